The number of carbonyl (C=O) groups excluding carboxylic acids is 1. The molecule has 0 heterocycles. The van der Waals surface area contributed by atoms with Crippen molar-refractivity contribution in [3.8, 4) is 5.75 Å². The van der Waals surface area contributed by atoms with E-state index in [2.05, 4.69) is 6.92 Å². The van der Waals surface area contributed by atoms with Crippen LogP contribution in [0.25, 0.3) is 0 Å². The lowest BCUT2D eigenvalue weighted by Crippen LogP contribution is -2.03. The first-order valence-corrected chi connectivity index (χ1v) is 6.44. The van der Waals surface area contributed by atoms with Crippen LogP contribution in [0.1, 0.15) is 45.1 Å². The van der Waals surface area contributed by atoms with Crippen LogP contribution < -0.4 is 4.74 Å². The summed E-state index contributed by atoms with van der Waals surface area (Å²) in [5, 5.41) is 0. The molecule has 0 bridgehead atoms. The largest absolute Gasteiger partial charge is 0.493 e. The zero-order valence-corrected chi connectivity index (χ0v) is 10.9. The first-order chi connectivity index (χ1) is 8.24. The molecule has 2 nitrogen and oxygen atoms in total. The van der Waals surface area contributed by atoms with E-state index >= 15 is 0 Å². The number of ether oxygens (including phenoxy) is 1. The van der Waals surface area contributed by atoms with Crippen molar-refractivity contribution in [2.75, 3.05) is 6.61 Å². The van der Waals surface area contributed by atoms with Gasteiger partial charge in [0.15, 0.2) is 0 Å². The predicted octanol–water partition coefficient (Wildman–Crippen LogP) is 3.78. The Labute approximate surface area is 104 Å². The van der Waals surface area contributed by atoms with E-state index in [9.17, 15) is 4.79 Å². The third-order valence-electron chi connectivity index (χ3n) is 2.67. The van der Waals surface area contributed by atoms with Crippen LogP contribution in [0.5, 0.6) is 5.75 Å². The Morgan fingerprint density at radius 2 is 1.94 bits per heavy atom. The fourth-order valence-electron chi connectivity index (χ4n) is 1.77. The molecule has 0 N–H and O–H groups in total. The minimum atomic E-state index is 0.173. The van der Waals surface area contributed by atoms with Gasteiger partial charge in [0.2, 0.25) is 0 Å². The average molecular weight is 234 g/mol. The highest BCUT2D eigenvalue weighted by molar-refractivity contribution is 5.78. The summed E-state index contributed by atoms with van der Waals surface area (Å²) < 4.78 is 5.73. The van der Waals surface area contributed by atoms with E-state index in [1.807, 2.05) is 24.3 Å². The van der Waals surface area contributed by atoms with Crippen LogP contribution in [0.2, 0.25) is 0 Å². The summed E-state index contributed by atoms with van der Waals surface area (Å²) >= 11 is 0. The number of para-hydroxylation sites is 1. The molecule has 0 aliphatic carbocycles. The molecular weight excluding hydrogens is 212 g/mol. The summed E-state index contributed by atoms with van der Waals surface area (Å²) in [6.07, 6.45) is 5.26. The van der Waals surface area contributed by atoms with Crippen LogP contribution in [-0.2, 0) is 11.2 Å². The third-order valence-corrected chi connectivity index (χ3v) is 2.67. The van der Waals surface area contributed by atoms with Gasteiger partial charge in [-0.3, -0.25) is 4.79 Å². The molecule has 0 atom stereocenters. The maximum Gasteiger partial charge on any atom is 0.134 e. The van der Waals surface area contributed by atoms with E-state index in [-0.39, 0.29) is 5.78 Å². The zero-order chi connectivity index (χ0) is 12.5. The number of hydrogen-bond acceptors (Lipinski definition) is 2. The van der Waals surface area contributed by atoms with Gasteiger partial charge in [-0.2, -0.15) is 0 Å². The number of ketones is 1. The SMILES string of the molecule is CCCCCCOc1ccccc1CC(C)=O. The van der Waals surface area contributed by atoms with E-state index in [1.165, 1.54) is 19.3 Å². The smallest absolute Gasteiger partial charge is 0.134 e. The Morgan fingerprint density at radius 1 is 1.18 bits per heavy atom. The monoisotopic (exact) mass is 234 g/mol. The minimum Gasteiger partial charge on any atom is -0.493 e. The molecule has 1 aromatic carbocycles. The standard InChI is InChI=1S/C15H22O2/c1-3-4-5-8-11-17-15-10-7-6-9-14(15)12-13(2)16/h6-7,9-10H,3-5,8,11-12H2,1-2H3. The van der Waals surface area contributed by atoms with Gasteiger partial charge < -0.3 is 4.74 Å². The molecule has 0 unspecified atom stereocenters. The molecule has 0 amide bonds. The van der Waals surface area contributed by atoms with Gasteiger partial charge in [0.1, 0.15) is 11.5 Å². The molecule has 2 heteroatoms. The van der Waals surface area contributed by atoms with Crippen molar-refractivity contribution in [1.29, 1.82) is 0 Å². The van der Waals surface area contributed by atoms with E-state index in [0.29, 0.717) is 6.42 Å². The molecule has 94 valence electrons. The fourth-order valence-corrected chi connectivity index (χ4v) is 1.77. The van der Waals surface area contributed by atoms with Gasteiger partial charge >= 0.3 is 0 Å². The summed E-state index contributed by atoms with van der Waals surface area (Å²) in [5.74, 6) is 1.03. The van der Waals surface area contributed by atoms with Crippen LogP contribution in [0.3, 0.4) is 0 Å². The number of benzene rings is 1. The predicted molar refractivity (Wildman–Crippen MR) is 70.5 cm³/mol. The molecule has 0 aliphatic rings. The molecule has 17 heavy (non-hydrogen) atoms. The number of rotatable bonds is 8. The maximum atomic E-state index is 11.1. The van der Waals surface area contributed by atoms with Crippen LogP contribution >= 0.6 is 0 Å². The second-order valence-corrected chi connectivity index (χ2v) is 4.40. The molecule has 1 aromatic rings. The molecule has 1 rings (SSSR count). The van der Waals surface area contributed by atoms with Crippen molar-refractivity contribution in [2.45, 2.75) is 46.0 Å². The van der Waals surface area contributed by atoms with Gasteiger partial charge in [-0.15, -0.1) is 0 Å². The summed E-state index contributed by atoms with van der Waals surface area (Å²) in [4.78, 5) is 11.1. The number of carbonyl (C=O) groups is 1. The highest BCUT2D eigenvalue weighted by Crippen LogP contribution is 2.19. The normalized spacial score (nSPS) is 10.2. The van der Waals surface area contributed by atoms with Crippen molar-refractivity contribution in [2.24, 2.45) is 0 Å². The van der Waals surface area contributed by atoms with Crippen molar-refractivity contribution >= 4 is 5.78 Å². The van der Waals surface area contributed by atoms with Crippen LogP contribution in [0.15, 0.2) is 24.3 Å². The van der Waals surface area contributed by atoms with Gasteiger partial charge in [-0.25, -0.2) is 0 Å². The second-order valence-electron chi connectivity index (χ2n) is 4.40. The summed E-state index contributed by atoms with van der Waals surface area (Å²) in [7, 11) is 0. The molecule has 0 saturated carbocycles. The van der Waals surface area contributed by atoms with Gasteiger partial charge in [0, 0.05) is 12.0 Å². The average Bonchev–Trinajstić information content (AvgIpc) is 2.30. The molecule has 0 aromatic heterocycles. The maximum absolute atomic E-state index is 11.1. The van der Waals surface area contributed by atoms with Gasteiger partial charge in [-0.05, 0) is 19.4 Å². The van der Waals surface area contributed by atoms with E-state index in [1.54, 1.807) is 6.92 Å². The van der Waals surface area contributed by atoms with E-state index < -0.39 is 0 Å². The minimum absolute atomic E-state index is 0.173. The Hall–Kier alpha value is -1.31. The Kier molecular flexibility index (Phi) is 6.38. The fraction of sp³-hybridized carbons (Fsp3) is 0.533. The topological polar surface area (TPSA) is 26.3 Å². The van der Waals surface area contributed by atoms with E-state index in [0.717, 1.165) is 24.3 Å². The third kappa shape index (κ3) is 5.53. The summed E-state index contributed by atoms with van der Waals surface area (Å²) in [6.45, 7) is 4.55. The molecule has 0 saturated heterocycles. The number of Topliss-reactive ketones (excluding diaryl/α,β-unsaturated/α-hetero) is 1. The Balaban J connectivity index is 2.43. The summed E-state index contributed by atoms with van der Waals surface area (Å²) in [5.41, 5.74) is 0.996. The zero-order valence-electron chi connectivity index (χ0n) is 10.9. The second kappa shape index (κ2) is 7.88. The van der Waals surface area contributed by atoms with E-state index in [4.69, 9.17) is 4.74 Å². The molecule has 0 spiro atoms. The molecular formula is C15H22O2. The lowest BCUT2D eigenvalue weighted by atomic mass is 10.1. The Morgan fingerprint density at radius 3 is 2.65 bits per heavy atom. The van der Waals surface area contributed by atoms with Crippen LogP contribution in [-0.4, -0.2) is 12.4 Å². The molecule has 0 radical (unpaired) electrons. The van der Waals surface area contributed by atoms with Gasteiger partial charge in [0.05, 0.1) is 6.61 Å². The highest BCUT2D eigenvalue weighted by Gasteiger charge is 2.04. The Bertz CT molecular complexity index is 345. The van der Waals surface area contributed by atoms with Crippen molar-refractivity contribution < 1.29 is 9.53 Å². The first-order valence-electron chi connectivity index (χ1n) is 6.44. The van der Waals surface area contributed by atoms with Crippen molar-refractivity contribution in [1.82, 2.24) is 0 Å². The number of unbranched alkanes of at least 4 members (excludes halogenated alkanes) is 3. The van der Waals surface area contributed by atoms with Crippen molar-refractivity contribution in [3.63, 3.8) is 0 Å². The summed E-state index contributed by atoms with van der Waals surface area (Å²) in [6, 6.07) is 7.80. The number of hydrogen-bond donors (Lipinski definition) is 0. The van der Waals surface area contributed by atoms with Crippen LogP contribution in [0, 0.1) is 0 Å². The lowest BCUT2D eigenvalue weighted by molar-refractivity contribution is -0.116. The molecule has 0 fully saturated rings. The molecule has 0 aliphatic heterocycles. The van der Waals surface area contributed by atoms with Crippen molar-refractivity contribution in [3.05, 3.63) is 29.8 Å². The van der Waals surface area contributed by atoms with Gasteiger partial charge in [0.25, 0.3) is 0 Å². The van der Waals surface area contributed by atoms with Crippen LogP contribution in [0.4, 0.5) is 0 Å². The quantitative estimate of drug-likeness (QED) is 0.640. The lowest BCUT2D eigenvalue weighted by Gasteiger charge is -2.10. The first kappa shape index (κ1) is 13.8. The van der Waals surface area contributed by atoms with Gasteiger partial charge in [-0.1, -0.05) is 44.4 Å². The highest BCUT2D eigenvalue weighted by atomic mass is 16.5.